The van der Waals surface area contributed by atoms with E-state index in [0.717, 1.165) is 12.1 Å². The van der Waals surface area contributed by atoms with Gasteiger partial charge in [0.1, 0.15) is 5.82 Å². The second-order valence-electron chi connectivity index (χ2n) is 6.11. The van der Waals surface area contributed by atoms with Gasteiger partial charge in [-0.25, -0.2) is 4.98 Å². The third-order valence-corrected chi connectivity index (χ3v) is 4.36. The number of halogens is 3. The number of nitrogens with zero attached hydrogens (tertiary/aromatic N) is 2. The van der Waals surface area contributed by atoms with E-state index in [1.54, 1.807) is 6.92 Å². The summed E-state index contributed by atoms with van der Waals surface area (Å²) in [5.74, 6) is -0.346. The summed E-state index contributed by atoms with van der Waals surface area (Å²) in [6.45, 7) is 2.47. The lowest BCUT2D eigenvalue weighted by Gasteiger charge is -2.22. The summed E-state index contributed by atoms with van der Waals surface area (Å²) in [5, 5.41) is 10.3. The molecule has 0 amide bonds. The van der Waals surface area contributed by atoms with Crippen LogP contribution in [0.3, 0.4) is 0 Å². The molecule has 2 aromatic rings. The lowest BCUT2D eigenvalue weighted by Crippen LogP contribution is -2.32. The molecule has 0 bridgehead atoms. The Balaban J connectivity index is 2.01. The zero-order valence-corrected chi connectivity index (χ0v) is 12.4. The molecule has 1 aromatic carbocycles. The van der Waals surface area contributed by atoms with Gasteiger partial charge in [0.15, 0.2) is 0 Å². The molecule has 1 fully saturated rings. The Morgan fingerprint density at radius 1 is 1.35 bits per heavy atom. The lowest BCUT2D eigenvalue weighted by atomic mass is 9.90. The Kier molecular flexibility index (Phi) is 3.46. The molecule has 1 unspecified atom stereocenters. The van der Waals surface area contributed by atoms with Crippen molar-refractivity contribution in [3.63, 3.8) is 0 Å². The summed E-state index contributed by atoms with van der Waals surface area (Å²) in [6, 6.07) is 5.05. The number of pyridine rings is 1. The van der Waals surface area contributed by atoms with Gasteiger partial charge in [0, 0.05) is 24.7 Å². The second-order valence-corrected chi connectivity index (χ2v) is 6.11. The van der Waals surface area contributed by atoms with Crippen molar-refractivity contribution in [1.82, 2.24) is 4.98 Å². The van der Waals surface area contributed by atoms with Gasteiger partial charge in [0.25, 0.3) is 0 Å². The highest BCUT2D eigenvalue weighted by Crippen LogP contribution is 2.37. The maximum Gasteiger partial charge on any atom is 0.416 e. The summed E-state index contributed by atoms with van der Waals surface area (Å²) >= 11 is 0. The molecule has 0 radical (unpaired) electrons. The summed E-state index contributed by atoms with van der Waals surface area (Å²) in [4.78, 5) is 17.4. The van der Waals surface area contributed by atoms with E-state index in [2.05, 4.69) is 4.98 Å². The highest BCUT2D eigenvalue weighted by molar-refractivity contribution is 5.93. The van der Waals surface area contributed by atoms with Crippen LogP contribution in [0, 0.1) is 5.41 Å². The van der Waals surface area contributed by atoms with Crippen molar-refractivity contribution in [3.05, 3.63) is 36.0 Å². The third-order valence-electron chi connectivity index (χ3n) is 4.36. The van der Waals surface area contributed by atoms with Crippen LogP contribution >= 0.6 is 0 Å². The van der Waals surface area contributed by atoms with Crippen molar-refractivity contribution < 1.29 is 23.1 Å². The molecular weight excluding hydrogens is 309 g/mol. The highest BCUT2D eigenvalue weighted by atomic mass is 19.4. The summed E-state index contributed by atoms with van der Waals surface area (Å²) in [7, 11) is 0. The lowest BCUT2D eigenvalue weighted by molar-refractivity contribution is -0.146. The van der Waals surface area contributed by atoms with Crippen molar-refractivity contribution in [2.45, 2.75) is 19.5 Å². The monoisotopic (exact) mass is 324 g/mol. The van der Waals surface area contributed by atoms with Crippen molar-refractivity contribution in [1.29, 1.82) is 0 Å². The first-order valence-electron chi connectivity index (χ1n) is 7.15. The molecule has 23 heavy (non-hydrogen) atoms. The van der Waals surface area contributed by atoms with E-state index in [4.69, 9.17) is 0 Å². The SMILES string of the molecule is CC1(C(=O)O)CCN(c2nccc3cc(C(F)(F)F)ccc23)C1. The number of carboxylic acid groups (broad SMARTS) is 1. The van der Waals surface area contributed by atoms with Gasteiger partial charge >= 0.3 is 12.1 Å². The van der Waals surface area contributed by atoms with Gasteiger partial charge < -0.3 is 10.0 Å². The van der Waals surface area contributed by atoms with Crippen LogP contribution in [0.15, 0.2) is 30.5 Å². The average Bonchev–Trinajstić information content (AvgIpc) is 2.89. The van der Waals surface area contributed by atoms with Gasteiger partial charge in [0.2, 0.25) is 0 Å². The molecule has 1 aliphatic heterocycles. The van der Waals surface area contributed by atoms with Gasteiger partial charge in [-0.15, -0.1) is 0 Å². The summed E-state index contributed by atoms with van der Waals surface area (Å²) in [5.41, 5.74) is -1.57. The molecule has 1 aliphatic rings. The number of benzene rings is 1. The van der Waals surface area contributed by atoms with Gasteiger partial charge in [-0.3, -0.25) is 4.79 Å². The zero-order chi connectivity index (χ0) is 16.8. The number of rotatable bonds is 2. The molecule has 1 atom stereocenters. The molecule has 1 saturated heterocycles. The normalized spacial score (nSPS) is 21.8. The van der Waals surface area contributed by atoms with Crippen LogP contribution in [0.2, 0.25) is 0 Å². The molecule has 7 heteroatoms. The minimum Gasteiger partial charge on any atom is -0.481 e. The Bertz CT molecular complexity index is 775. The van der Waals surface area contributed by atoms with Crippen LogP contribution in [-0.2, 0) is 11.0 Å². The number of carbonyl (C=O) groups is 1. The van der Waals surface area contributed by atoms with Crippen molar-refractivity contribution in [2.75, 3.05) is 18.0 Å². The quantitative estimate of drug-likeness (QED) is 0.918. The van der Waals surface area contributed by atoms with Gasteiger partial charge in [-0.2, -0.15) is 13.2 Å². The number of hydrogen-bond acceptors (Lipinski definition) is 3. The van der Waals surface area contributed by atoms with Crippen LogP contribution in [0.4, 0.5) is 19.0 Å². The first-order chi connectivity index (χ1) is 10.7. The Labute approximate surface area is 130 Å². The number of aromatic nitrogens is 1. The van der Waals surface area contributed by atoms with E-state index in [-0.39, 0.29) is 6.54 Å². The summed E-state index contributed by atoms with van der Waals surface area (Å²) < 4.78 is 38.4. The minimum atomic E-state index is -4.40. The fourth-order valence-electron chi connectivity index (χ4n) is 2.91. The van der Waals surface area contributed by atoms with Crippen LogP contribution in [-0.4, -0.2) is 29.1 Å². The number of anilines is 1. The summed E-state index contributed by atoms with van der Waals surface area (Å²) in [6.07, 6.45) is -2.47. The third kappa shape index (κ3) is 2.71. The maximum atomic E-state index is 12.8. The minimum absolute atomic E-state index is 0.287. The van der Waals surface area contributed by atoms with E-state index < -0.39 is 23.1 Å². The molecule has 122 valence electrons. The Morgan fingerprint density at radius 2 is 2.09 bits per heavy atom. The van der Waals surface area contributed by atoms with Gasteiger partial charge in [0.05, 0.1) is 11.0 Å². The number of fused-ring (bicyclic) bond motifs is 1. The number of hydrogen-bond donors (Lipinski definition) is 1. The molecule has 0 aliphatic carbocycles. The maximum absolute atomic E-state index is 12.8. The van der Waals surface area contributed by atoms with Gasteiger partial charge in [-0.1, -0.05) is 6.07 Å². The van der Waals surface area contributed by atoms with Crippen LogP contribution in [0.1, 0.15) is 18.9 Å². The molecule has 0 spiro atoms. The number of aliphatic carboxylic acids is 1. The molecule has 4 nitrogen and oxygen atoms in total. The van der Waals surface area contributed by atoms with Crippen molar-refractivity contribution in [3.8, 4) is 0 Å². The van der Waals surface area contributed by atoms with Crippen molar-refractivity contribution in [2.24, 2.45) is 5.41 Å². The number of carboxylic acids is 1. The van der Waals surface area contributed by atoms with E-state index in [0.29, 0.717) is 29.6 Å². The Morgan fingerprint density at radius 3 is 2.70 bits per heavy atom. The van der Waals surface area contributed by atoms with E-state index >= 15 is 0 Å². The largest absolute Gasteiger partial charge is 0.481 e. The fraction of sp³-hybridized carbons (Fsp3) is 0.375. The zero-order valence-electron chi connectivity index (χ0n) is 12.4. The fourth-order valence-corrected chi connectivity index (χ4v) is 2.91. The topological polar surface area (TPSA) is 53.4 Å². The second kappa shape index (κ2) is 5.11. The number of alkyl halides is 3. The predicted molar refractivity (Wildman–Crippen MR) is 79.3 cm³/mol. The van der Waals surface area contributed by atoms with Crippen LogP contribution in [0.5, 0.6) is 0 Å². The highest BCUT2D eigenvalue weighted by Gasteiger charge is 2.41. The standard InChI is InChI=1S/C16H15F3N2O2/c1-15(14(22)23)5-7-21(9-15)13-12-3-2-11(16(17,18)19)8-10(12)4-6-20-13/h2-4,6,8H,5,7,9H2,1H3,(H,22,23). The predicted octanol–water partition coefficient (Wildman–Crippen LogP) is 3.55. The average molecular weight is 324 g/mol. The van der Waals surface area contributed by atoms with Crippen LogP contribution < -0.4 is 4.90 Å². The Hall–Kier alpha value is -2.31. The smallest absolute Gasteiger partial charge is 0.416 e. The van der Waals surface area contributed by atoms with E-state index in [1.807, 2.05) is 4.90 Å². The van der Waals surface area contributed by atoms with Crippen LogP contribution in [0.25, 0.3) is 10.8 Å². The molecule has 3 rings (SSSR count). The van der Waals surface area contributed by atoms with Crippen molar-refractivity contribution >= 4 is 22.6 Å². The van der Waals surface area contributed by atoms with E-state index in [1.165, 1.54) is 18.3 Å². The first-order valence-corrected chi connectivity index (χ1v) is 7.15. The molecule has 2 heterocycles. The van der Waals surface area contributed by atoms with E-state index in [9.17, 15) is 23.1 Å². The molecule has 0 saturated carbocycles. The molecule has 1 N–H and O–H groups in total. The van der Waals surface area contributed by atoms with Gasteiger partial charge in [-0.05, 0) is 36.9 Å². The molecule has 1 aromatic heterocycles. The molecular formula is C16H15F3N2O2. The first kappa shape index (κ1) is 15.6.